The maximum atomic E-state index is 12.2. The zero-order chi connectivity index (χ0) is 14.0. The predicted molar refractivity (Wildman–Crippen MR) is 65.9 cm³/mol. The van der Waals surface area contributed by atoms with Crippen molar-refractivity contribution in [1.82, 2.24) is 14.5 Å². The molecular weight excluding hydrogens is 250 g/mol. The number of carbonyl (C=O) groups is 2. The molecule has 8 nitrogen and oxygen atoms in total. The van der Waals surface area contributed by atoms with Gasteiger partial charge in [0.15, 0.2) is 0 Å². The number of likely N-dealkylation sites (tertiary alicyclic amines) is 1. The number of nitrogens with zero attached hydrogens (tertiary/aromatic N) is 3. The van der Waals surface area contributed by atoms with Crippen molar-refractivity contribution in [2.45, 2.75) is 25.1 Å². The quantitative estimate of drug-likeness (QED) is 0.576. The molecule has 1 fully saturated rings. The highest BCUT2D eigenvalue weighted by atomic mass is 16.3. The zero-order valence-corrected chi connectivity index (χ0v) is 10.4. The highest BCUT2D eigenvalue weighted by Crippen LogP contribution is 2.19. The molecule has 2 unspecified atom stereocenters. The number of aliphatic hydroxyl groups is 1. The Morgan fingerprint density at radius 1 is 1.53 bits per heavy atom. The molecule has 19 heavy (non-hydrogen) atoms. The van der Waals surface area contributed by atoms with Gasteiger partial charge < -0.3 is 26.0 Å². The largest absolute Gasteiger partial charge is 0.391 e. The lowest BCUT2D eigenvalue weighted by Crippen LogP contribution is -2.43. The normalized spacial score (nSPS) is 22.7. The number of nitrogens with two attached hydrogens (primary N) is 2. The summed E-state index contributed by atoms with van der Waals surface area (Å²) in [5.74, 6) is -1.03. The standard InChI is InChI=1S/C11H17N5O3/c12-1-2-15-5-8(14-6-15)11(19)16-4-7(17)3-9(16)10(13)18/h5-7,9,17H,1-4,12H2,(H2,13,18). The fourth-order valence-electron chi connectivity index (χ4n) is 2.20. The molecule has 0 aliphatic carbocycles. The molecule has 2 amide bonds. The first-order valence-corrected chi connectivity index (χ1v) is 6.03. The fraction of sp³-hybridized carbons (Fsp3) is 0.545. The SMILES string of the molecule is NCCn1cnc(C(=O)N2CC(O)CC2C(N)=O)c1. The van der Waals surface area contributed by atoms with E-state index < -0.39 is 24.0 Å². The van der Waals surface area contributed by atoms with E-state index in [2.05, 4.69) is 4.98 Å². The van der Waals surface area contributed by atoms with Crippen LogP contribution < -0.4 is 11.5 Å². The van der Waals surface area contributed by atoms with E-state index in [1.165, 1.54) is 11.2 Å². The summed E-state index contributed by atoms with van der Waals surface area (Å²) in [6, 6.07) is -0.776. The van der Waals surface area contributed by atoms with Crippen molar-refractivity contribution >= 4 is 11.8 Å². The summed E-state index contributed by atoms with van der Waals surface area (Å²) in [4.78, 5) is 28.7. The third kappa shape index (κ3) is 2.74. The van der Waals surface area contributed by atoms with Gasteiger partial charge in [-0.2, -0.15) is 0 Å². The molecule has 1 aliphatic heterocycles. The van der Waals surface area contributed by atoms with E-state index in [1.54, 1.807) is 10.8 Å². The van der Waals surface area contributed by atoms with Crippen LogP contribution in [0.4, 0.5) is 0 Å². The first kappa shape index (κ1) is 13.5. The van der Waals surface area contributed by atoms with E-state index in [-0.39, 0.29) is 18.7 Å². The Bertz CT molecular complexity index is 486. The van der Waals surface area contributed by atoms with Gasteiger partial charge in [0.1, 0.15) is 11.7 Å². The van der Waals surface area contributed by atoms with Crippen molar-refractivity contribution in [3.63, 3.8) is 0 Å². The molecule has 1 aliphatic rings. The van der Waals surface area contributed by atoms with Crippen molar-refractivity contribution < 1.29 is 14.7 Å². The van der Waals surface area contributed by atoms with Gasteiger partial charge in [0.25, 0.3) is 5.91 Å². The maximum Gasteiger partial charge on any atom is 0.274 e. The van der Waals surface area contributed by atoms with E-state index >= 15 is 0 Å². The number of primary amides is 1. The summed E-state index contributed by atoms with van der Waals surface area (Å²) in [6.07, 6.45) is 2.52. The number of hydrogen-bond acceptors (Lipinski definition) is 5. The van der Waals surface area contributed by atoms with Crippen LogP contribution in [0.1, 0.15) is 16.9 Å². The molecule has 2 rings (SSSR count). The average molecular weight is 267 g/mol. The van der Waals surface area contributed by atoms with Crippen LogP contribution in [0.25, 0.3) is 0 Å². The second-order valence-electron chi connectivity index (χ2n) is 4.55. The van der Waals surface area contributed by atoms with E-state index in [4.69, 9.17) is 11.5 Å². The highest BCUT2D eigenvalue weighted by molar-refractivity contribution is 5.96. The lowest BCUT2D eigenvalue weighted by atomic mass is 10.2. The Labute approximate surface area is 110 Å². The summed E-state index contributed by atoms with van der Waals surface area (Å²) < 4.78 is 1.69. The number of imidazole rings is 1. The minimum Gasteiger partial charge on any atom is -0.391 e. The number of β-amino-alcohol motifs (C(OH)–C–C–N with tert-alkyl or cyclic N) is 1. The second-order valence-corrected chi connectivity index (χ2v) is 4.55. The molecule has 5 N–H and O–H groups in total. The molecule has 1 saturated heterocycles. The monoisotopic (exact) mass is 267 g/mol. The van der Waals surface area contributed by atoms with Gasteiger partial charge in [-0.25, -0.2) is 4.98 Å². The Hall–Kier alpha value is -1.93. The predicted octanol–water partition coefficient (Wildman–Crippen LogP) is -2.10. The van der Waals surface area contributed by atoms with Crippen molar-refractivity contribution in [3.05, 3.63) is 18.2 Å². The van der Waals surface area contributed by atoms with Gasteiger partial charge in [-0.05, 0) is 0 Å². The van der Waals surface area contributed by atoms with E-state index in [0.717, 1.165) is 0 Å². The lowest BCUT2D eigenvalue weighted by molar-refractivity contribution is -0.121. The van der Waals surface area contributed by atoms with Gasteiger partial charge in [-0.1, -0.05) is 0 Å². The molecular formula is C11H17N5O3. The minimum atomic E-state index is -0.776. The van der Waals surface area contributed by atoms with Crippen molar-refractivity contribution in [2.24, 2.45) is 11.5 Å². The summed E-state index contributed by atoms with van der Waals surface area (Å²) in [5.41, 5.74) is 10.9. The smallest absolute Gasteiger partial charge is 0.274 e. The number of aliphatic hydroxyl groups excluding tert-OH is 1. The Balaban J connectivity index is 2.15. The zero-order valence-electron chi connectivity index (χ0n) is 10.4. The topological polar surface area (TPSA) is 127 Å². The summed E-state index contributed by atoms with van der Waals surface area (Å²) in [6.45, 7) is 1.09. The molecule has 0 aromatic carbocycles. The van der Waals surface area contributed by atoms with Gasteiger partial charge in [-0.15, -0.1) is 0 Å². The molecule has 0 saturated carbocycles. The Morgan fingerprint density at radius 3 is 2.89 bits per heavy atom. The lowest BCUT2D eigenvalue weighted by Gasteiger charge is -2.20. The first-order chi connectivity index (χ1) is 9.02. The molecule has 1 aromatic rings. The molecule has 0 radical (unpaired) electrons. The van der Waals surface area contributed by atoms with Crippen LogP contribution >= 0.6 is 0 Å². The molecule has 1 aromatic heterocycles. The van der Waals surface area contributed by atoms with Crippen LogP contribution in [0.5, 0.6) is 0 Å². The number of carbonyl (C=O) groups excluding carboxylic acids is 2. The summed E-state index contributed by atoms with van der Waals surface area (Å²) in [7, 11) is 0. The molecule has 0 spiro atoms. The van der Waals surface area contributed by atoms with Crippen molar-refractivity contribution in [3.8, 4) is 0 Å². The molecule has 2 atom stereocenters. The third-order valence-corrected chi connectivity index (χ3v) is 3.11. The first-order valence-electron chi connectivity index (χ1n) is 6.03. The Morgan fingerprint density at radius 2 is 2.26 bits per heavy atom. The van der Waals surface area contributed by atoms with Crippen molar-refractivity contribution in [1.29, 1.82) is 0 Å². The number of hydrogen-bond donors (Lipinski definition) is 3. The molecule has 2 heterocycles. The van der Waals surface area contributed by atoms with E-state index in [0.29, 0.717) is 13.1 Å². The second kappa shape index (κ2) is 5.37. The minimum absolute atomic E-state index is 0.0934. The summed E-state index contributed by atoms with van der Waals surface area (Å²) >= 11 is 0. The average Bonchev–Trinajstić information content (AvgIpc) is 2.95. The van der Waals surface area contributed by atoms with Crippen LogP contribution in [0.2, 0.25) is 0 Å². The van der Waals surface area contributed by atoms with Crippen LogP contribution in [0.3, 0.4) is 0 Å². The van der Waals surface area contributed by atoms with Crippen LogP contribution in [0.15, 0.2) is 12.5 Å². The van der Waals surface area contributed by atoms with Crippen LogP contribution in [-0.4, -0.2) is 56.6 Å². The number of aromatic nitrogens is 2. The third-order valence-electron chi connectivity index (χ3n) is 3.11. The number of rotatable bonds is 4. The number of amides is 2. The maximum absolute atomic E-state index is 12.2. The van der Waals surface area contributed by atoms with Crippen LogP contribution in [-0.2, 0) is 11.3 Å². The highest BCUT2D eigenvalue weighted by Gasteiger charge is 2.38. The van der Waals surface area contributed by atoms with E-state index in [9.17, 15) is 14.7 Å². The van der Waals surface area contributed by atoms with Gasteiger partial charge in [-0.3, -0.25) is 9.59 Å². The fourth-order valence-corrected chi connectivity index (χ4v) is 2.20. The molecule has 8 heteroatoms. The molecule has 0 bridgehead atoms. The summed E-state index contributed by atoms with van der Waals surface area (Å²) in [5, 5.41) is 9.56. The van der Waals surface area contributed by atoms with Crippen molar-refractivity contribution in [2.75, 3.05) is 13.1 Å². The van der Waals surface area contributed by atoms with Gasteiger partial charge in [0.05, 0.1) is 12.4 Å². The van der Waals surface area contributed by atoms with E-state index in [1.807, 2.05) is 0 Å². The van der Waals surface area contributed by atoms with Gasteiger partial charge in [0, 0.05) is 32.3 Å². The van der Waals surface area contributed by atoms with Gasteiger partial charge in [0.2, 0.25) is 5.91 Å². The van der Waals surface area contributed by atoms with Crippen LogP contribution in [0, 0.1) is 0 Å². The van der Waals surface area contributed by atoms with Gasteiger partial charge >= 0.3 is 0 Å². The Kier molecular flexibility index (Phi) is 3.82. The molecule has 104 valence electrons.